The molecule has 2 aromatic carbocycles. The fourth-order valence-electron chi connectivity index (χ4n) is 4.28. The van der Waals surface area contributed by atoms with Crippen LogP contribution in [0.5, 0.6) is 0 Å². The van der Waals surface area contributed by atoms with Crippen molar-refractivity contribution in [2.24, 2.45) is 0 Å². The summed E-state index contributed by atoms with van der Waals surface area (Å²) < 4.78 is 30.6. The highest BCUT2D eigenvalue weighted by Crippen LogP contribution is 2.30. The molecule has 6 heteroatoms. The third-order valence-electron chi connectivity index (χ3n) is 6.01. The molecule has 31 heavy (non-hydrogen) atoms. The van der Waals surface area contributed by atoms with Crippen molar-refractivity contribution < 1.29 is 17.6 Å². The summed E-state index contributed by atoms with van der Waals surface area (Å²) in [4.78, 5) is 14.9. The van der Waals surface area contributed by atoms with Gasteiger partial charge in [-0.2, -0.15) is 0 Å². The number of hydrogen-bond donors (Lipinski definition) is 0. The average molecular weight is 438 g/mol. The van der Waals surface area contributed by atoms with Gasteiger partial charge in [0.15, 0.2) is 9.84 Å². The Morgan fingerprint density at radius 1 is 0.903 bits per heavy atom. The molecule has 1 aromatic heterocycles. The second-order valence-corrected chi connectivity index (χ2v) is 10.3. The number of hydrogen-bond acceptors (Lipinski definition) is 4. The van der Waals surface area contributed by atoms with Crippen LogP contribution in [0.3, 0.4) is 0 Å². The predicted octanol–water partition coefficient (Wildman–Crippen LogP) is 4.41. The number of likely N-dealkylation sites (tertiary alicyclic amines) is 1. The lowest BCUT2D eigenvalue weighted by atomic mass is 9.88. The largest absolute Gasteiger partial charge is 0.468 e. The van der Waals surface area contributed by atoms with E-state index in [-0.39, 0.29) is 17.6 Å². The first-order valence-electron chi connectivity index (χ1n) is 10.6. The van der Waals surface area contributed by atoms with Gasteiger partial charge in [-0.05, 0) is 36.1 Å². The van der Waals surface area contributed by atoms with E-state index in [1.807, 2.05) is 41.3 Å². The number of carbonyl (C=O) groups is 1. The van der Waals surface area contributed by atoms with Crippen LogP contribution in [0.1, 0.15) is 42.1 Å². The van der Waals surface area contributed by atoms with Crippen molar-refractivity contribution in [2.45, 2.75) is 36.2 Å². The Bertz CT molecular complexity index is 1030. The molecule has 5 nitrogen and oxygen atoms in total. The maximum absolute atomic E-state index is 13.1. The lowest BCUT2D eigenvalue weighted by Crippen LogP contribution is -2.43. The summed E-state index contributed by atoms with van der Waals surface area (Å²) in [5, 5.41) is -0.430. The van der Waals surface area contributed by atoms with Crippen molar-refractivity contribution in [3.8, 4) is 0 Å². The molecule has 0 atom stereocenters. The summed E-state index contributed by atoms with van der Waals surface area (Å²) >= 11 is 0. The van der Waals surface area contributed by atoms with E-state index >= 15 is 0 Å². The highest BCUT2D eigenvalue weighted by atomic mass is 32.2. The number of benzene rings is 2. The quantitative estimate of drug-likeness (QED) is 0.549. The van der Waals surface area contributed by atoms with Gasteiger partial charge < -0.3 is 9.32 Å². The molecule has 3 aromatic rings. The second kappa shape index (κ2) is 9.52. The van der Waals surface area contributed by atoms with Crippen LogP contribution in [-0.2, 0) is 20.4 Å². The number of carbonyl (C=O) groups excluding carboxylic acids is 1. The molecule has 1 aliphatic rings. The third kappa shape index (κ3) is 5.25. The minimum atomic E-state index is -3.30. The van der Waals surface area contributed by atoms with Crippen LogP contribution in [-0.4, -0.2) is 37.6 Å². The molecule has 4 rings (SSSR count). The lowest BCUT2D eigenvalue weighted by Gasteiger charge is -2.32. The van der Waals surface area contributed by atoms with Crippen LogP contribution < -0.4 is 0 Å². The summed E-state index contributed by atoms with van der Waals surface area (Å²) in [7, 11) is -3.30. The van der Waals surface area contributed by atoms with Crippen molar-refractivity contribution in [3.05, 3.63) is 95.9 Å². The minimum absolute atomic E-state index is 0.0182. The van der Waals surface area contributed by atoms with Crippen LogP contribution in [0.25, 0.3) is 0 Å². The van der Waals surface area contributed by atoms with Gasteiger partial charge in [-0.3, -0.25) is 4.79 Å². The van der Waals surface area contributed by atoms with Gasteiger partial charge in [-0.15, -0.1) is 0 Å². The molecule has 1 amide bonds. The Balaban J connectivity index is 1.40. The van der Waals surface area contributed by atoms with E-state index in [4.69, 9.17) is 4.42 Å². The highest BCUT2D eigenvalue weighted by molar-refractivity contribution is 7.91. The Labute approximate surface area is 183 Å². The van der Waals surface area contributed by atoms with E-state index in [2.05, 4.69) is 24.3 Å². The van der Waals surface area contributed by atoms with Crippen molar-refractivity contribution in [1.82, 2.24) is 4.90 Å². The molecule has 1 fully saturated rings. The normalized spacial score (nSPS) is 15.3. The Morgan fingerprint density at radius 2 is 1.48 bits per heavy atom. The molecule has 1 aliphatic heterocycles. The monoisotopic (exact) mass is 437 g/mol. The number of amides is 1. The fourth-order valence-corrected chi connectivity index (χ4v) is 6.00. The smallest absolute Gasteiger partial charge is 0.223 e. The van der Waals surface area contributed by atoms with E-state index in [0.29, 0.717) is 38.1 Å². The standard InChI is InChI=1S/C25H27NO4S/c27-25(18-24(20-8-3-1-4-9-20)21-10-5-2-6-11-21)26-15-13-23(14-16-26)31(28,29)19-22-12-7-17-30-22/h1-12,17,23-24H,13-16,18-19H2. The highest BCUT2D eigenvalue weighted by Gasteiger charge is 2.33. The summed E-state index contributed by atoms with van der Waals surface area (Å²) in [6.07, 6.45) is 2.80. The summed E-state index contributed by atoms with van der Waals surface area (Å²) in [5.74, 6) is 0.435. The lowest BCUT2D eigenvalue weighted by molar-refractivity contribution is -0.132. The molecule has 0 aliphatic carbocycles. The first-order valence-corrected chi connectivity index (χ1v) is 12.4. The maximum Gasteiger partial charge on any atom is 0.223 e. The molecule has 0 saturated carbocycles. The summed E-state index contributed by atoms with van der Waals surface area (Å²) in [6, 6.07) is 23.5. The minimum Gasteiger partial charge on any atom is -0.468 e. The number of sulfone groups is 1. The first kappa shape index (κ1) is 21.4. The molecule has 0 spiro atoms. The van der Waals surface area contributed by atoms with Crippen LogP contribution in [0.15, 0.2) is 83.5 Å². The molecule has 0 radical (unpaired) electrons. The number of furan rings is 1. The van der Waals surface area contributed by atoms with Crippen molar-refractivity contribution in [2.75, 3.05) is 13.1 Å². The number of rotatable bonds is 7. The second-order valence-electron chi connectivity index (χ2n) is 8.04. The van der Waals surface area contributed by atoms with Crippen molar-refractivity contribution in [1.29, 1.82) is 0 Å². The average Bonchev–Trinajstić information content (AvgIpc) is 3.31. The molecular weight excluding hydrogens is 410 g/mol. The van der Waals surface area contributed by atoms with Gasteiger partial charge in [-0.1, -0.05) is 60.7 Å². The third-order valence-corrected chi connectivity index (χ3v) is 8.18. The predicted molar refractivity (Wildman–Crippen MR) is 120 cm³/mol. The zero-order valence-corrected chi connectivity index (χ0v) is 18.2. The fraction of sp³-hybridized carbons (Fsp3) is 0.320. The summed E-state index contributed by atoms with van der Waals surface area (Å²) in [5.41, 5.74) is 2.22. The Kier molecular flexibility index (Phi) is 6.56. The van der Waals surface area contributed by atoms with E-state index in [9.17, 15) is 13.2 Å². The van der Waals surface area contributed by atoms with Crippen LogP contribution in [0.4, 0.5) is 0 Å². The molecule has 0 bridgehead atoms. The van der Waals surface area contributed by atoms with Gasteiger partial charge in [0, 0.05) is 25.4 Å². The Morgan fingerprint density at radius 3 is 2.00 bits per heavy atom. The summed E-state index contributed by atoms with van der Waals surface area (Å²) in [6.45, 7) is 0.939. The molecule has 162 valence electrons. The number of piperidine rings is 1. The van der Waals surface area contributed by atoms with E-state index in [0.717, 1.165) is 11.1 Å². The van der Waals surface area contributed by atoms with Gasteiger partial charge >= 0.3 is 0 Å². The van der Waals surface area contributed by atoms with Crippen LogP contribution >= 0.6 is 0 Å². The van der Waals surface area contributed by atoms with Crippen molar-refractivity contribution in [3.63, 3.8) is 0 Å². The molecule has 0 unspecified atom stereocenters. The topological polar surface area (TPSA) is 67.6 Å². The van der Waals surface area contributed by atoms with E-state index in [1.165, 1.54) is 6.26 Å². The van der Waals surface area contributed by atoms with Crippen LogP contribution in [0.2, 0.25) is 0 Å². The van der Waals surface area contributed by atoms with E-state index in [1.54, 1.807) is 12.1 Å². The molecule has 2 heterocycles. The van der Waals surface area contributed by atoms with Gasteiger partial charge in [0.25, 0.3) is 0 Å². The first-order chi connectivity index (χ1) is 15.0. The SMILES string of the molecule is O=C(CC(c1ccccc1)c1ccccc1)N1CCC(S(=O)(=O)Cc2ccco2)CC1. The van der Waals surface area contributed by atoms with Crippen LogP contribution in [0, 0.1) is 0 Å². The Hall–Kier alpha value is -2.86. The maximum atomic E-state index is 13.1. The van der Waals surface area contributed by atoms with Gasteiger partial charge in [0.2, 0.25) is 5.91 Å². The van der Waals surface area contributed by atoms with E-state index < -0.39 is 15.1 Å². The zero-order chi connectivity index (χ0) is 21.7. The van der Waals surface area contributed by atoms with Gasteiger partial charge in [-0.25, -0.2) is 8.42 Å². The molecular formula is C25H27NO4S. The number of nitrogens with zero attached hydrogens (tertiary/aromatic N) is 1. The van der Waals surface area contributed by atoms with Gasteiger partial charge in [0.1, 0.15) is 11.5 Å². The molecule has 0 N–H and O–H groups in total. The zero-order valence-electron chi connectivity index (χ0n) is 17.4. The molecule has 1 saturated heterocycles. The van der Waals surface area contributed by atoms with Crippen molar-refractivity contribution >= 4 is 15.7 Å². The van der Waals surface area contributed by atoms with Gasteiger partial charge in [0.05, 0.1) is 11.5 Å².